The molecule has 1 aromatic heterocycles. The second-order valence-corrected chi connectivity index (χ2v) is 7.03. The lowest BCUT2D eigenvalue weighted by atomic mass is 9.95. The van der Waals surface area contributed by atoms with Gasteiger partial charge in [-0.3, -0.25) is 5.32 Å². The van der Waals surface area contributed by atoms with Crippen molar-refractivity contribution in [3.05, 3.63) is 40.7 Å². The standard InChI is InChI=1S/C21H23FN8O/c1-2-3-4-5-6-31-14-8-12(7-13(22)9-14)18-16-17(25)15(10-23)19(26)29-20(16)30-21(28-18)27-11-24/h7-9,18H,2-6H2,1H3,(H6,25,26,27,28,29,30). The molecule has 0 saturated heterocycles. The van der Waals surface area contributed by atoms with Crippen molar-refractivity contribution in [1.82, 2.24) is 10.3 Å². The number of nitrogens with two attached hydrogens (primary N) is 2. The highest BCUT2D eigenvalue weighted by Gasteiger charge is 2.30. The zero-order valence-electron chi connectivity index (χ0n) is 17.1. The number of fused-ring (bicyclic) bond motifs is 1. The molecule has 2 heterocycles. The zero-order valence-corrected chi connectivity index (χ0v) is 17.1. The Morgan fingerprint density at radius 3 is 2.74 bits per heavy atom. The lowest BCUT2D eigenvalue weighted by molar-refractivity contribution is 0.303. The Labute approximate surface area is 179 Å². The minimum absolute atomic E-state index is 0.0150. The van der Waals surface area contributed by atoms with Gasteiger partial charge in [0, 0.05) is 11.6 Å². The molecule has 2 aromatic rings. The fraction of sp³-hybridized carbons (Fsp3) is 0.333. The molecule has 1 aliphatic rings. The summed E-state index contributed by atoms with van der Waals surface area (Å²) in [6, 6.07) is 5.38. The molecule has 6 N–H and O–H groups in total. The molecule has 0 spiro atoms. The average Bonchev–Trinajstić information content (AvgIpc) is 2.73. The first-order chi connectivity index (χ1) is 15.0. The molecule has 0 saturated carbocycles. The number of hydrogen-bond donors (Lipinski definition) is 4. The van der Waals surface area contributed by atoms with E-state index in [2.05, 4.69) is 27.5 Å². The minimum atomic E-state index is -0.828. The predicted molar refractivity (Wildman–Crippen MR) is 115 cm³/mol. The van der Waals surface area contributed by atoms with Gasteiger partial charge in [0.15, 0.2) is 6.19 Å². The van der Waals surface area contributed by atoms with Crippen molar-refractivity contribution in [2.45, 2.75) is 38.6 Å². The lowest BCUT2D eigenvalue weighted by Gasteiger charge is -2.26. The summed E-state index contributed by atoms with van der Waals surface area (Å²) in [6.45, 7) is 2.59. The first-order valence-electron chi connectivity index (χ1n) is 9.90. The van der Waals surface area contributed by atoms with Crippen LogP contribution in [0.15, 0.2) is 23.2 Å². The number of guanidine groups is 1. The summed E-state index contributed by atoms with van der Waals surface area (Å²) in [5.74, 6) is 0.131. The first-order valence-corrected chi connectivity index (χ1v) is 9.90. The Kier molecular flexibility index (Phi) is 6.73. The number of aliphatic imine (C=N–C) groups is 1. The number of pyridine rings is 1. The number of ether oxygens (including phenoxy) is 1. The number of nitrogen functional groups attached to an aromatic ring is 2. The van der Waals surface area contributed by atoms with Crippen molar-refractivity contribution < 1.29 is 9.13 Å². The van der Waals surface area contributed by atoms with Crippen LogP contribution in [0, 0.1) is 28.6 Å². The van der Waals surface area contributed by atoms with Gasteiger partial charge in [0.2, 0.25) is 5.96 Å². The molecule has 1 unspecified atom stereocenters. The van der Waals surface area contributed by atoms with Crippen molar-refractivity contribution in [3.8, 4) is 18.0 Å². The van der Waals surface area contributed by atoms with Crippen molar-refractivity contribution in [2.75, 3.05) is 23.4 Å². The molecule has 9 nitrogen and oxygen atoms in total. The molecular formula is C21H23FN8O. The summed E-state index contributed by atoms with van der Waals surface area (Å²) >= 11 is 0. The summed E-state index contributed by atoms with van der Waals surface area (Å²) in [5, 5.41) is 23.6. The normalized spacial score (nSPS) is 14.5. The molecule has 0 radical (unpaired) electrons. The number of nitriles is 2. The van der Waals surface area contributed by atoms with E-state index in [1.165, 1.54) is 12.1 Å². The second kappa shape index (κ2) is 9.63. The largest absolute Gasteiger partial charge is 0.493 e. The van der Waals surface area contributed by atoms with Crippen LogP contribution in [0.4, 0.5) is 21.7 Å². The molecule has 0 bridgehead atoms. The number of anilines is 3. The van der Waals surface area contributed by atoms with E-state index in [0.29, 0.717) is 23.5 Å². The number of rotatable bonds is 7. The highest BCUT2D eigenvalue weighted by molar-refractivity contribution is 5.98. The van der Waals surface area contributed by atoms with Crippen LogP contribution in [-0.2, 0) is 0 Å². The van der Waals surface area contributed by atoms with Gasteiger partial charge in [-0.15, -0.1) is 0 Å². The van der Waals surface area contributed by atoms with Crippen LogP contribution in [0.2, 0.25) is 0 Å². The number of nitrogens with zero attached hydrogens (tertiary/aromatic N) is 4. The van der Waals surface area contributed by atoms with Crippen LogP contribution >= 0.6 is 0 Å². The SMILES string of the molecule is CCCCCCOc1cc(F)cc(C2N=C(NC#N)Nc3nc(N)c(C#N)c(N)c32)c1. The maximum absolute atomic E-state index is 14.4. The molecule has 0 amide bonds. The number of nitrogens with one attached hydrogen (secondary N) is 2. The van der Waals surface area contributed by atoms with Crippen LogP contribution in [0.3, 0.4) is 0 Å². The summed E-state index contributed by atoms with van der Waals surface area (Å²) in [4.78, 5) is 8.62. The zero-order chi connectivity index (χ0) is 22.4. The molecular weight excluding hydrogens is 399 g/mol. The highest BCUT2D eigenvalue weighted by Crippen LogP contribution is 2.41. The number of halogens is 1. The fourth-order valence-electron chi connectivity index (χ4n) is 3.37. The van der Waals surface area contributed by atoms with Crippen molar-refractivity contribution in [2.24, 2.45) is 4.99 Å². The topological polar surface area (TPSA) is 158 Å². The average molecular weight is 422 g/mol. The van der Waals surface area contributed by atoms with Gasteiger partial charge in [0.1, 0.15) is 40.9 Å². The monoisotopic (exact) mass is 422 g/mol. The number of aromatic nitrogens is 1. The predicted octanol–water partition coefficient (Wildman–Crippen LogP) is 3.16. The van der Waals surface area contributed by atoms with E-state index in [-0.39, 0.29) is 28.8 Å². The molecule has 1 aromatic carbocycles. The van der Waals surface area contributed by atoms with Gasteiger partial charge in [-0.1, -0.05) is 26.2 Å². The molecule has 0 aliphatic carbocycles. The smallest absolute Gasteiger partial charge is 0.211 e. The van der Waals surface area contributed by atoms with Gasteiger partial charge in [0.25, 0.3) is 0 Å². The van der Waals surface area contributed by atoms with Crippen LogP contribution in [0.5, 0.6) is 5.75 Å². The molecule has 10 heteroatoms. The highest BCUT2D eigenvalue weighted by atomic mass is 19.1. The van der Waals surface area contributed by atoms with E-state index in [1.54, 1.807) is 12.3 Å². The number of benzene rings is 1. The van der Waals surface area contributed by atoms with Crippen LogP contribution in [0.1, 0.15) is 55.3 Å². The third-order valence-electron chi connectivity index (χ3n) is 4.83. The maximum Gasteiger partial charge on any atom is 0.211 e. The minimum Gasteiger partial charge on any atom is -0.493 e. The molecule has 160 valence electrons. The van der Waals surface area contributed by atoms with Gasteiger partial charge < -0.3 is 21.5 Å². The van der Waals surface area contributed by atoms with Crippen LogP contribution in [-0.4, -0.2) is 17.6 Å². The van der Waals surface area contributed by atoms with E-state index in [1.807, 2.05) is 6.07 Å². The fourth-order valence-corrected chi connectivity index (χ4v) is 3.37. The Bertz CT molecular complexity index is 1090. The van der Waals surface area contributed by atoms with Gasteiger partial charge in [-0.2, -0.15) is 10.5 Å². The van der Waals surface area contributed by atoms with E-state index < -0.39 is 11.9 Å². The van der Waals surface area contributed by atoms with Crippen molar-refractivity contribution in [1.29, 1.82) is 10.5 Å². The molecule has 1 atom stereocenters. The third-order valence-corrected chi connectivity index (χ3v) is 4.83. The molecule has 31 heavy (non-hydrogen) atoms. The Morgan fingerprint density at radius 2 is 2.03 bits per heavy atom. The van der Waals surface area contributed by atoms with E-state index in [9.17, 15) is 9.65 Å². The summed E-state index contributed by atoms with van der Waals surface area (Å²) in [6.07, 6.45) is 5.90. The van der Waals surface area contributed by atoms with Crippen LogP contribution < -0.4 is 26.8 Å². The molecule has 1 aliphatic heterocycles. The Hall–Kier alpha value is -4.05. The van der Waals surface area contributed by atoms with E-state index in [4.69, 9.17) is 21.5 Å². The van der Waals surface area contributed by atoms with Crippen LogP contribution in [0.25, 0.3) is 0 Å². The second-order valence-electron chi connectivity index (χ2n) is 7.03. The Balaban J connectivity index is 2.01. The van der Waals surface area contributed by atoms with Gasteiger partial charge in [-0.25, -0.2) is 14.4 Å². The molecule has 0 fully saturated rings. The summed E-state index contributed by atoms with van der Waals surface area (Å²) < 4.78 is 20.1. The van der Waals surface area contributed by atoms with Crippen molar-refractivity contribution in [3.63, 3.8) is 0 Å². The first kappa shape index (κ1) is 21.7. The van der Waals surface area contributed by atoms with E-state index >= 15 is 0 Å². The lowest BCUT2D eigenvalue weighted by Crippen LogP contribution is -2.32. The van der Waals surface area contributed by atoms with Gasteiger partial charge >= 0.3 is 0 Å². The number of unbranched alkanes of at least 4 members (excludes halogenated alkanes) is 3. The quantitative estimate of drug-likeness (QED) is 0.301. The van der Waals surface area contributed by atoms with Gasteiger partial charge in [0.05, 0.1) is 12.3 Å². The number of hydrogen-bond acceptors (Lipinski definition) is 9. The van der Waals surface area contributed by atoms with Crippen molar-refractivity contribution >= 4 is 23.3 Å². The van der Waals surface area contributed by atoms with E-state index in [0.717, 1.165) is 25.7 Å². The summed E-state index contributed by atoms with van der Waals surface area (Å²) in [5.41, 5.74) is 13.0. The maximum atomic E-state index is 14.4. The third kappa shape index (κ3) is 4.75. The molecule has 3 rings (SSSR count). The van der Waals surface area contributed by atoms with Gasteiger partial charge in [-0.05, 0) is 24.1 Å². The summed E-state index contributed by atoms with van der Waals surface area (Å²) in [7, 11) is 0. The Morgan fingerprint density at radius 1 is 1.23 bits per heavy atom.